The predicted octanol–water partition coefficient (Wildman–Crippen LogP) is 3.27. The molecule has 7 heteroatoms. The van der Waals surface area contributed by atoms with Crippen molar-refractivity contribution in [3.8, 4) is 0 Å². The standard InChI is InChI=1S/C18H16N6S/c1-13-17(20-16-10-6-5-9-15(16)19-13)12-25-18-21-22-23-24(18)11-14-7-3-2-4-8-14/h2-10H,11-12H2,1H3. The van der Waals surface area contributed by atoms with E-state index in [1.807, 2.05) is 54.1 Å². The number of hydrogen-bond donors (Lipinski definition) is 0. The van der Waals surface area contributed by atoms with Gasteiger partial charge in [0.1, 0.15) is 0 Å². The normalized spacial score (nSPS) is 11.1. The molecule has 0 aliphatic carbocycles. The Morgan fingerprint density at radius 1 is 0.920 bits per heavy atom. The van der Waals surface area contributed by atoms with Crippen molar-refractivity contribution in [2.24, 2.45) is 0 Å². The van der Waals surface area contributed by atoms with Crippen molar-refractivity contribution in [2.75, 3.05) is 0 Å². The topological polar surface area (TPSA) is 69.4 Å². The number of thioether (sulfide) groups is 1. The lowest BCUT2D eigenvalue weighted by Gasteiger charge is -2.07. The van der Waals surface area contributed by atoms with Crippen LogP contribution in [0.3, 0.4) is 0 Å². The first-order valence-corrected chi connectivity index (χ1v) is 8.93. The number of aryl methyl sites for hydroxylation is 1. The molecule has 0 radical (unpaired) electrons. The number of nitrogens with zero attached hydrogens (tertiary/aromatic N) is 6. The zero-order chi connectivity index (χ0) is 17.1. The van der Waals surface area contributed by atoms with Crippen molar-refractivity contribution >= 4 is 22.8 Å². The summed E-state index contributed by atoms with van der Waals surface area (Å²) in [4.78, 5) is 9.36. The number of hydrogen-bond acceptors (Lipinski definition) is 6. The van der Waals surface area contributed by atoms with Crippen molar-refractivity contribution in [2.45, 2.75) is 24.4 Å². The van der Waals surface area contributed by atoms with E-state index in [4.69, 9.17) is 4.98 Å². The average Bonchev–Trinajstić information content (AvgIpc) is 3.08. The number of aromatic nitrogens is 6. The molecule has 2 heterocycles. The molecule has 6 nitrogen and oxygen atoms in total. The van der Waals surface area contributed by atoms with E-state index in [9.17, 15) is 0 Å². The fourth-order valence-corrected chi connectivity index (χ4v) is 3.43. The molecule has 124 valence electrons. The molecule has 25 heavy (non-hydrogen) atoms. The van der Waals surface area contributed by atoms with Crippen molar-refractivity contribution in [3.63, 3.8) is 0 Å². The molecular weight excluding hydrogens is 332 g/mol. The van der Waals surface area contributed by atoms with Crippen LogP contribution in [0, 0.1) is 6.92 Å². The van der Waals surface area contributed by atoms with Crippen LogP contribution in [0.4, 0.5) is 0 Å². The van der Waals surface area contributed by atoms with Gasteiger partial charge in [0, 0.05) is 5.75 Å². The summed E-state index contributed by atoms with van der Waals surface area (Å²) in [5.74, 6) is 0.679. The molecule has 2 aromatic carbocycles. The zero-order valence-electron chi connectivity index (χ0n) is 13.7. The Labute approximate surface area is 149 Å². The lowest BCUT2D eigenvalue weighted by molar-refractivity contribution is 0.603. The van der Waals surface area contributed by atoms with Crippen molar-refractivity contribution < 1.29 is 0 Å². The van der Waals surface area contributed by atoms with Gasteiger partial charge < -0.3 is 0 Å². The highest BCUT2D eigenvalue weighted by Crippen LogP contribution is 2.22. The summed E-state index contributed by atoms with van der Waals surface area (Å²) in [6.45, 7) is 2.64. The summed E-state index contributed by atoms with van der Waals surface area (Å²) in [6, 6.07) is 18.1. The Kier molecular flexibility index (Phi) is 4.39. The monoisotopic (exact) mass is 348 g/mol. The Balaban J connectivity index is 1.52. The SMILES string of the molecule is Cc1nc2ccccc2nc1CSc1nnnn1Cc1ccccc1. The van der Waals surface area contributed by atoms with E-state index in [2.05, 4.69) is 32.6 Å². The highest BCUT2D eigenvalue weighted by molar-refractivity contribution is 7.98. The second-order valence-corrected chi connectivity index (χ2v) is 6.58. The van der Waals surface area contributed by atoms with Crippen LogP contribution in [0.15, 0.2) is 59.8 Å². The smallest absolute Gasteiger partial charge is 0.210 e. The maximum atomic E-state index is 4.73. The summed E-state index contributed by atoms with van der Waals surface area (Å²) in [5, 5.41) is 12.8. The molecule has 0 saturated carbocycles. The van der Waals surface area contributed by atoms with Crippen LogP contribution in [0.2, 0.25) is 0 Å². The number of benzene rings is 2. The maximum absolute atomic E-state index is 4.73. The van der Waals surface area contributed by atoms with Gasteiger partial charge in [-0.1, -0.05) is 54.2 Å². The van der Waals surface area contributed by atoms with Gasteiger partial charge in [0.2, 0.25) is 5.16 Å². The van der Waals surface area contributed by atoms with E-state index in [0.717, 1.165) is 27.6 Å². The number of para-hydroxylation sites is 2. The molecule has 0 atom stereocenters. The second kappa shape index (κ2) is 6.98. The molecule has 0 amide bonds. The van der Waals surface area contributed by atoms with E-state index in [1.54, 1.807) is 11.8 Å². The summed E-state index contributed by atoms with van der Waals surface area (Å²) in [7, 11) is 0. The number of rotatable bonds is 5. The molecule has 0 N–H and O–H groups in total. The van der Waals surface area contributed by atoms with Gasteiger partial charge in [-0.2, -0.15) is 0 Å². The largest absolute Gasteiger partial charge is 0.250 e. The summed E-state index contributed by atoms with van der Waals surface area (Å²) in [5.41, 5.74) is 4.89. The Hall–Kier alpha value is -2.80. The minimum absolute atomic E-state index is 0.651. The van der Waals surface area contributed by atoms with E-state index < -0.39 is 0 Å². The Bertz CT molecular complexity index is 999. The van der Waals surface area contributed by atoms with E-state index in [0.29, 0.717) is 12.3 Å². The third-order valence-corrected chi connectivity index (χ3v) is 4.82. The molecule has 4 rings (SSSR count). The summed E-state index contributed by atoms with van der Waals surface area (Å²) < 4.78 is 1.81. The molecule has 0 saturated heterocycles. The van der Waals surface area contributed by atoms with Crippen LogP contribution < -0.4 is 0 Å². The molecule has 2 aromatic heterocycles. The fraction of sp³-hybridized carbons (Fsp3) is 0.167. The van der Waals surface area contributed by atoms with Crippen LogP contribution in [0.25, 0.3) is 11.0 Å². The van der Waals surface area contributed by atoms with E-state index in [-0.39, 0.29) is 0 Å². The van der Waals surface area contributed by atoms with Crippen molar-refractivity contribution in [1.29, 1.82) is 0 Å². The molecule has 0 spiro atoms. The molecule has 0 aliphatic rings. The van der Waals surface area contributed by atoms with Gasteiger partial charge in [-0.25, -0.2) is 14.6 Å². The zero-order valence-corrected chi connectivity index (χ0v) is 14.5. The Morgan fingerprint density at radius 3 is 2.44 bits per heavy atom. The molecular formula is C18H16N6S. The molecule has 0 unspecified atom stereocenters. The number of fused-ring (bicyclic) bond motifs is 1. The van der Waals surface area contributed by atoms with Gasteiger partial charge >= 0.3 is 0 Å². The van der Waals surface area contributed by atoms with Crippen LogP contribution in [0.1, 0.15) is 17.0 Å². The van der Waals surface area contributed by atoms with Gasteiger partial charge in [0.25, 0.3) is 0 Å². The van der Waals surface area contributed by atoms with Gasteiger partial charge in [0.05, 0.1) is 29.0 Å². The lowest BCUT2D eigenvalue weighted by atomic mass is 10.2. The quantitative estimate of drug-likeness (QED) is 0.516. The van der Waals surface area contributed by atoms with Crippen LogP contribution in [0.5, 0.6) is 0 Å². The van der Waals surface area contributed by atoms with Gasteiger partial charge in [-0.05, 0) is 35.0 Å². The first kappa shape index (κ1) is 15.7. The molecule has 0 aliphatic heterocycles. The average molecular weight is 348 g/mol. The lowest BCUT2D eigenvalue weighted by Crippen LogP contribution is -2.04. The van der Waals surface area contributed by atoms with Crippen LogP contribution in [-0.2, 0) is 12.3 Å². The minimum Gasteiger partial charge on any atom is -0.250 e. The molecule has 0 fully saturated rings. The Morgan fingerprint density at radius 2 is 1.64 bits per heavy atom. The maximum Gasteiger partial charge on any atom is 0.210 e. The molecule has 0 bridgehead atoms. The second-order valence-electron chi connectivity index (χ2n) is 5.64. The fourth-order valence-electron chi connectivity index (χ4n) is 2.55. The third-order valence-electron chi connectivity index (χ3n) is 3.86. The third kappa shape index (κ3) is 3.51. The minimum atomic E-state index is 0.651. The first-order chi connectivity index (χ1) is 12.3. The summed E-state index contributed by atoms with van der Waals surface area (Å²) >= 11 is 1.57. The number of tetrazole rings is 1. The van der Waals surface area contributed by atoms with E-state index >= 15 is 0 Å². The highest BCUT2D eigenvalue weighted by Gasteiger charge is 2.11. The van der Waals surface area contributed by atoms with Gasteiger partial charge in [-0.3, -0.25) is 0 Å². The van der Waals surface area contributed by atoms with Crippen molar-refractivity contribution in [1.82, 2.24) is 30.2 Å². The summed E-state index contributed by atoms with van der Waals surface area (Å²) in [6.07, 6.45) is 0. The van der Waals surface area contributed by atoms with Gasteiger partial charge in [0.15, 0.2) is 0 Å². The predicted molar refractivity (Wildman–Crippen MR) is 97.2 cm³/mol. The van der Waals surface area contributed by atoms with Gasteiger partial charge in [-0.15, -0.1) is 5.10 Å². The first-order valence-electron chi connectivity index (χ1n) is 7.95. The van der Waals surface area contributed by atoms with Crippen LogP contribution in [-0.4, -0.2) is 30.2 Å². The van der Waals surface area contributed by atoms with Crippen LogP contribution >= 0.6 is 11.8 Å². The highest BCUT2D eigenvalue weighted by atomic mass is 32.2. The molecule has 4 aromatic rings. The van der Waals surface area contributed by atoms with E-state index in [1.165, 1.54) is 5.56 Å². The van der Waals surface area contributed by atoms with Crippen molar-refractivity contribution in [3.05, 3.63) is 71.5 Å².